The number of carbonyl (C=O) groups excluding carboxylic acids is 1. The molecular weight excluding hydrogens is 226 g/mol. The Hall–Kier alpha value is -0.970. The normalized spacial score (nSPS) is 12.6. The number of amides is 1. The number of hydrogen-bond donors (Lipinski definition) is 2. The SMILES string of the molecule is CCCCCC(NC(=O)/C=C/SC)C(=O)O. The van der Waals surface area contributed by atoms with Crippen molar-refractivity contribution in [2.24, 2.45) is 0 Å². The molecule has 16 heavy (non-hydrogen) atoms. The summed E-state index contributed by atoms with van der Waals surface area (Å²) in [7, 11) is 0. The van der Waals surface area contributed by atoms with E-state index < -0.39 is 12.0 Å². The average Bonchev–Trinajstić information content (AvgIpc) is 2.25. The van der Waals surface area contributed by atoms with Gasteiger partial charge in [0.25, 0.3) is 0 Å². The zero-order valence-corrected chi connectivity index (χ0v) is 10.5. The Morgan fingerprint density at radius 2 is 2.12 bits per heavy atom. The number of nitrogens with one attached hydrogen (secondary N) is 1. The summed E-state index contributed by atoms with van der Waals surface area (Å²) < 4.78 is 0. The van der Waals surface area contributed by atoms with Crippen LogP contribution in [0.25, 0.3) is 0 Å². The van der Waals surface area contributed by atoms with Gasteiger partial charge in [-0.15, -0.1) is 11.8 Å². The monoisotopic (exact) mass is 245 g/mol. The lowest BCUT2D eigenvalue weighted by atomic mass is 10.1. The molecule has 0 fully saturated rings. The van der Waals surface area contributed by atoms with Gasteiger partial charge in [-0.1, -0.05) is 26.2 Å². The number of hydrogen-bond acceptors (Lipinski definition) is 3. The van der Waals surface area contributed by atoms with Gasteiger partial charge in [0.1, 0.15) is 6.04 Å². The van der Waals surface area contributed by atoms with Gasteiger partial charge in [-0.3, -0.25) is 4.79 Å². The molecule has 1 unspecified atom stereocenters. The summed E-state index contributed by atoms with van der Waals surface area (Å²) >= 11 is 1.40. The summed E-state index contributed by atoms with van der Waals surface area (Å²) in [6.45, 7) is 2.05. The van der Waals surface area contributed by atoms with E-state index in [0.717, 1.165) is 19.3 Å². The van der Waals surface area contributed by atoms with E-state index in [0.29, 0.717) is 6.42 Å². The Morgan fingerprint density at radius 1 is 1.44 bits per heavy atom. The molecule has 0 aliphatic heterocycles. The molecule has 0 aromatic heterocycles. The summed E-state index contributed by atoms with van der Waals surface area (Å²) in [5.41, 5.74) is 0. The lowest BCUT2D eigenvalue weighted by molar-refractivity contribution is -0.141. The number of carboxylic acid groups (broad SMARTS) is 1. The van der Waals surface area contributed by atoms with Crippen LogP contribution in [0.15, 0.2) is 11.5 Å². The molecule has 0 aliphatic carbocycles. The second-order valence-corrected chi connectivity index (χ2v) is 4.18. The van der Waals surface area contributed by atoms with Crippen LogP contribution in [0, 0.1) is 0 Å². The molecule has 92 valence electrons. The molecular formula is C11H19NO3S. The van der Waals surface area contributed by atoms with Gasteiger partial charge in [0.05, 0.1) is 0 Å². The highest BCUT2D eigenvalue weighted by Gasteiger charge is 2.17. The lowest BCUT2D eigenvalue weighted by Gasteiger charge is -2.12. The Kier molecular flexibility index (Phi) is 8.71. The van der Waals surface area contributed by atoms with Gasteiger partial charge in [0.2, 0.25) is 5.91 Å². The second kappa shape index (κ2) is 9.27. The topological polar surface area (TPSA) is 66.4 Å². The van der Waals surface area contributed by atoms with Crippen LogP contribution in [-0.2, 0) is 9.59 Å². The maximum atomic E-state index is 11.3. The third-order valence-electron chi connectivity index (χ3n) is 2.07. The summed E-state index contributed by atoms with van der Waals surface area (Å²) in [6, 6.07) is -0.773. The van der Waals surface area contributed by atoms with E-state index in [4.69, 9.17) is 5.11 Å². The maximum Gasteiger partial charge on any atom is 0.326 e. The van der Waals surface area contributed by atoms with Crippen LogP contribution in [0.4, 0.5) is 0 Å². The third kappa shape index (κ3) is 7.34. The fourth-order valence-electron chi connectivity index (χ4n) is 1.21. The van der Waals surface area contributed by atoms with Gasteiger partial charge in [-0.2, -0.15) is 0 Å². The van der Waals surface area contributed by atoms with Crippen molar-refractivity contribution < 1.29 is 14.7 Å². The number of carboxylic acids is 1. The van der Waals surface area contributed by atoms with E-state index in [1.54, 1.807) is 5.41 Å². The van der Waals surface area contributed by atoms with Crippen molar-refractivity contribution in [1.29, 1.82) is 0 Å². The first-order chi connectivity index (χ1) is 7.61. The molecule has 5 heteroatoms. The minimum atomic E-state index is -0.970. The molecule has 0 rings (SSSR count). The Morgan fingerprint density at radius 3 is 2.62 bits per heavy atom. The lowest BCUT2D eigenvalue weighted by Crippen LogP contribution is -2.39. The molecule has 0 radical (unpaired) electrons. The van der Waals surface area contributed by atoms with Crippen molar-refractivity contribution in [3.8, 4) is 0 Å². The van der Waals surface area contributed by atoms with Crippen molar-refractivity contribution in [1.82, 2.24) is 5.32 Å². The van der Waals surface area contributed by atoms with Gasteiger partial charge < -0.3 is 10.4 Å². The van der Waals surface area contributed by atoms with E-state index in [1.165, 1.54) is 17.8 Å². The fraction of sp³-hybridized carbons (Fsp3) is 0.636. The molecule has 0 spiro atoms. The zero-order chi connectivity index (χ0) is 12.4. The summed E-state index contributed by atoms with van der Waals surface area (Å²) in [5, 5.41) is 13.0. The molecule has 0 bridgehead atoms. The summed E-state index contributed by atoms with van der Waals surface area (Å²) in [6.07, 6.45) is 6.51. The Balaban J connectivity index is 4.07. The van der Waals surface area contributed by atoms with E-state index in [-0.39, 0.29) is 5.91 Å². The van der Waals surface area contributed by atoms with E-state index in [9.17, 15) is 9.59 Å². The Bertz CT molecular complexity index is 254. The second-order valence-electron chi connectivity index (χ2n) is 3.43. The van der Waals surface area contributed by atoms with Crippen molar-refractivity contribution >= 4 is 23.6 Å². The number of aliphatic carboxylic acids is 1. The highest BCUT2D eigenvalue weighted by atomic mass is 32.2. The van der Waals surface area contributed by atoms with E-state index >= 15 is 0 Å². The predicted molar refractivity (Wildman–Crippen MR) is 66.4 cm³/mol. The first-order valence-corrected chi connectivity index (χ1v) is 6.63. The highest BCUT2D eigenvalue weighted by Crippen LogP contribution is 2.04. The molecule has 0 heterocycles. The first-order valence-electron chi connectivity index (χ1n) is 5.34. The van der Waals surface area contributed by atoms with E-state index in [1.807, 2.05) is 6.26 Å². The molecule has 0 aliphatic rings. The largest absolute Gasteiger partial charge is 0.480 e. The van der Waals surface area contributed by atoms with Gasteiger partial charge in [0.15, 0.2) is 0 Å². The van der Waals surface area contributed by atoms with Crippen LogP contribution in [0.1, 0.15) is 32.6 Å². The van der Waals surface area contributed by atoms with Crippen molar-refractivity contribution in [2.75, 3.05) is 6.26 Å². The molecule has 1 atom stereocenters. The van der Waals surface area contributed by atoms with Crippen molar-refractivity contribution in [2.45, 2.75) is 38.6 Å². The quantitative estimate of drug-likeness (QED) is 0.507. The fourth-order valence-corrected chi connectivity index (χ4v) is 1.47. The van der Waals surface area contributed by atoms with Crippen LogP contribution in [0.5, 0.6) is 0 Å². The van der Waals surface area contributed by atoms with Gasteiger partial charge in [0, 0.05) is 6.08 Å². The van der Waals surface area contributed by atoms with Crippen molar-refractivity contribution in [3.05, 3.63) is 11.5 Å². The molecule has 0 aromatic carbocycles. The van der Waals surface area contributed by atoms with Crippen LogP contribution in [0.3, 0.4) is 0 Å². The molecule has 4 nitrogen and oxygen atoms in total. The average molecular weight is 245 g/mol. The molecule has 1 amide bonds. The number of carbonyl (C=O) groups is 2. The number of unbranched alkanes of at least 4 members (excludes halogenated alkanes) is 2. The molecule has 2 N–H and O–H groups in total. The maximum absolute atomic E-state index is 11.3. The number of thioether (sulfide) groups is 1. The first kappa shape index (κ1) is 15.0. The smallest absolute Gasteiger partial charge is 0.326 e. The van der Waals surface area contributed by atoms with E-state index in [2.05, 4.69) is 12.2 Å². The van der Waals surface area contributed by atoms with Gasteiger partial charge in [-0.25, -0.2) is 4.79 Å². The molecule has 0 saturated carbocycles. The minimum absolute atomic E-state index is 0.349. The summed E-state index contributed by atoms with van der Waals surface area (Å²) in [5.74, 6) is -1.32. The van der Waals surface area contributed by atoms with Gasteiger partial charge in [-0.05, 0) is 18.1 Å². The highest BCUT2D eigenvalue weighted by molar-refractivity contribution is 8.01. The van der Waals surface area contributed by atoms with Crippen LogP contribution < -0.4 is 5.32 Å². The predicted octanol–water partition coefficient (Wildman–Crippen LogP) is 2.01. The van der Waals surface area contributed by atoms with Crippen LogP contribution >= 0.6 is 11.8 Å². The Labute approximate surface area is 100 Å². The van der Waals surface area contributed by atoms with Crippen LogP contribution in [0.2, 0.25) is 0 Å². The summed E-state index contributed by atoms with van der Waals surface area (Å²) in [4.78, 5) is 22.1. The zero-order valence-electron chi connectivity index (χ0n) is 9.73. The molecule has 0 saturated heterocycles. The third-order valence-corrected chi connectivity index (χ3v) is 2.47. The standard InChI is InChI=1S/C11H19NO3S/c1-3-4-5-6-9(11(14)15)12-10(13)7-8-16-2/h7-9H,3-6H2,1-2H3,(H,12,13)(H,14,15)/b8-7+. The number of rotatable bonds is 8. The molecule has 0 aromatic rings. The van der Waals surface area contributed by atoms with Crippen LogP contribution in [-0.4, -0.2) is 29.3 Å². The minimum Gasteiger partial charge on any atom is -0.480 e. The van der Waals surface area contributed by atoms with Crippen molar-refractivity contribution in [3.63, 3.8) is 0 Å². The van der Waals surface area contributed by atoms with Gasteiger partial charge >= 0.3 is 5.97 Å².